The molecule has 0 spiro atoms. The Morgan fingerprint density at radius 2 is 2.04 bits per heavy atom. The fraction of sp³-hybridized carbons (Fsp3) is 0.176. The highest BCUT2D eigenvalue weighted by atomic mass is 32.2. The Hall–Kier alpha value is -2.49. The van der Waals surface area contributed by atoms with E-state index in [-0.39, 0.29) is 23.6 Å². The van der Waals surface area contributed by atoms with Gasteiger partial charge in [-0.2, -0.15) is 0 Å². The molecule has 136 valence electrons. The molecular formula is C17H16N2O5S2. The van der Waals surface area contributed by atoms with Crippen molar-refractivity contribution in [1.29, 1.82) is 0 Å². The molecule has 26 heavy (non-hydrogen) atoms. The van der Waals surface area contributed by atoms with Gasteiger partial charge in [-0.05, 0) is 43.3 Å². The van der Waals surface area contributed by atoms with Crippen LogP contribution in [0.25, 0.3) is 0 Å². The molecule has 0 fully saturated rings. The third-order valence-electron chi connectivity index (χ3n) is 3.43. The van der Waals surface area contributed by atoms with E-state index >= 15 is 0 Å². The number of nitrogens with one attached hydrogen (secondary N) is 1. The van der Waals surface area contributed by atoms with Crippen LogP contribution in [0.1, 0.15) is 26.8 Å². The zero-order chi connectivity index (χ0) is 18.6. The van der Waals surface area contributed by atoms with Crippen LogP contribution in [0.2, 0.25) is 0 Å². The van der Waals surface area contributed by atoms with Crippen LogP contribution in [0.15, 0.2) is 57.4 Å². The molecule has 9 heteroatoms. The Kier molecular flexibility index (Phi) is 5.50. The van der Waals surface area contributed by atoms with E-state index in [0.29, 0.717) is 11.5 Å². The summed E-state index contributed by atoms with van der Waals surface area (Å²) in [6.45, 7) is 2.00. The Labute approximate surface area is 154 Å². The minimum Gasteiger partial charge on any atom is -0.468 e. The average Bonchev–Trinajstić information content (AvgIpc) is 3.30. The Morgan fingerprint density at radius 3 is 2.65 bits per heavy atom. The van der Waals surface area contributed by atoms with Gasteiger partial charge in [0.25, 0.3) is 0 Å². The first-order valence-corrected chi connectivity index (χ1v) is 10.0. The van der Waals surface area contributed by atoms with Crippen molar-refractivity contribution < 1.29 is 22.4 Å². The lowest BCUT2D eigenvalue weighted by Gasteiger charge is -2.07. The van der Waals surface area contributed by atoms with Gasteiger partial charge in [-0.25, -0.2) is 22.9 Å². The van der Waals surface area contributed by atoms with Crippen LogP contribution in [0, 0.1) is 6.92 Å². The molecule has 0 unspecified atom stereocenters. The predicted molar refractivity (Wildman–Crippen MR) is 95.1 cm³/mol. The normalized spacial score (nSPS) is 11.4. The predicted octanol–water partition coefficient (Wildman–Crippen LogP) is 2.88. The Morgan fingerprint density at radius 1 is 1.27 bits per heavy atom. The van der Waals surface area contributed by atoms with Crippen molar-refractivity contribution >= 4 is 27.3 Å². The lowest BCUT2D eigenvalue weighted by molar-refractivity contribution is 0.0468. The molecule has 1 aromatic carbocycles. The van der Waals surface area contributed by atoms with Gasteiger partial charge in [0.05, 0.1) is 34.0 Å². The number of carbonyl (C=O) groups excluding carboxylic acids is 1. The van der Waals surface area contributed by atoms with Crippen molar-refractivity contribution in [3.05, 3.63) is 70.1 Å². The van der Waals surface area contributed by atoms with Crippen molar-refractivity contribution in [3.63, 3.8) is 0 Å². The topological polar surface area (TPSA) is 98.5 Å². The highest BCUT2D eigenvalue weighted by Crippen LogP contribution is 2.14. The molecule has 0 bridgehead atoms. The molecule has 0 amide bonds. The molecule has 3 rings (SSSR count). The number of rotatable bonds is 7. The smallest absolute Gasteiger partial charge is 0.338 e. The number of hydrogen-bond donors (Lipinski definition) is 1. The van der Waals surface area contributed by atoms with Gasteiger partial charge in [0, 0.05) is 5.38 Å². The molecule has 2 aromatic heterocycles. The van der Waals surface area contributed by atoms with Gasteiger partial charge in [-0.15, -0.1) is 11.3 Å². The van der Waals surface area contributed by atoms with Crippen molar-refractivity contribution in [2.24, 2.45) is 0 Å². The van der Waals surface area contributed by atoms with E-state index in [1.807, 2.05) is 12.3 Å². The summed E-state index contributed by atoms with van der Waals surface area (Å²) in [6.07, 6.45) is 1.47. The van der Waals surface area contributed by atoms with Crippen molar-refractivity contribution in [2.45, 2.75) is 25.0 Å². The number of esters is 1. The number of carbonyl (C=O) groups is 1. The Balaban J connectivity index is 1.60. The Bertz CT molecular complexity index is 977. The lowest BCUT2D eigenvalue weighted by atomic mass is 10.2. The van der Waals surface area contributed by atoms with E-state index in [0.717, 1.165) is 5.01 Å². The summed E-state index contributed by atoms with van der Waals surface area (Å²) in [6, 6.07) is 8.89. The SMILES string of the molecule is Cc1nc(COC(=O)c2ccc(S(=O)(=O)NCc3ccco3)cc2)cs1. The number of thiazole rings is 1. The summed E-state index contributed by atoms with van der Waals surface area (Å²) in [7, 11) is -3.70. The number of ether oxygens (including phenoxy) is 1. The van der Waals surface area contributed by atoms with Crippen LogP contribution < -0.4 is 4.72 Å². The molecule has 0 aliphatic heterocycles. The van der Waals surface area contributed by atoms with Gasteiger partial charge < -0.3 is 9.15 Å². The molecule has 0 radical (unpaired) electrons. The maximum absolute atomic E-state index is 12.2. The number of aromatic nitrogens is 1. The van der Waals surface area contributed by atoms with Crippen LogP contribution >= 0.6 is 11.3 Å². The molecule has 0 aliphatic rings. The number of aryl methyl sites for hydroxylation is 1. The minimum absolute atomic E-state index is 0.0478. The zero-order valence-corrected chi connectivity index (χ0v) is 15.5. The molecule has 3 aromatic rings. The van der Waals surface area contributed by atoms with Crippen molar-refractivity contribution in [2.75, 3.05) is 0 Å². The lowest BCUT2D eigenvalue weighted by Crippen LogP contribution is -2.23. The third-order valence-corrected chi connectivity index (χ3v) is 5.67. The summed E-state index contributed by atoms with van der Waals surface area (Å²) in [5.74, 6) is -0.0332. The first-order chi connectivity index (χ1) is 12.4. The second kappa shape index (κ2) is 7.81. The van der Waals surface area contributed by atoms with E-state index in [4.69, 9.17) is 9.15 Å². The number of hydrogen-bond acceptors (Lipinski definition) is 7. The molecule has 7 nitrogen and oxygen atoms in total. The van der Waals surface area contributed by atoms with Gasteiger partial charge in [-0.3, -0.25) is 0 Å². The molecule has 0 saturated carbocycles. The third kappa shape index (κ3) is 4.57. The number of furan rings is 1. The van der Waals surface area contributed by atoms with Gasteiger partial charge in [-0.1, -0.05) is 0 Å². The summed E-state index contributed by atoms with van der Waals surface area (Å²) < 4.78 is 37.2. The first kappa shape index (κ1) is 18.3. The van der Waals surface area contributed by atoms with E-state index in [2.05, 4.69) is 9.71 Å². The molecule has 2 heterocycles. The van der Waals surface area contributed by atoms with E-state index in [1.165, 1.54) is 41.9 Å². The van der Waals surface area contributed by atoms with E-state index < -0.39 is 16.0 Å². The average molecular weight is 392 g/mol. The maximum Gasteiger partial charge on any atom is 0.338 e. The van der Waals surface area contributed by atoms with Crippen LogP contribution in [0.4, 0.5) is 0 Å². The zero-order valence-electron chi connectivity index (χ0n) is 13.8. The van der Waals surface area contributed by atoms with E-state index in [1.54, 1.807) is 12.1 Å². The molecule has 0 saturated heterocycles. The molecule has 1 N–H and O–H groups in total. The summed E-state index contributed by atoms with van der Waals surface area (Å²) in [5.41, 5.74) is 0.948. The number of benzene rings is 1. The van der Waals surface area contributed by atoms with Gasteiger partial charge >= 0.3 is 5.97 Å². The van der Waals surface area contributed by atoms with Crippen LogP contribution in [-0.2, 0) is 27.9 Å². The van der Waals surface area contributed by atoms with Gasteiger partial charge in [0.1, 0.15) is 12.4 Å². The highest BCUT2D eigenvalue weighted by molar-refractivity contribution is 7.89. The fourth-order valence-corrected chi connectivity index (χ4v) is 3.72. The van der Waals surface area contributed by atoms with E-state index in [9.17, 15) is 13.2 Å². The van der Waals surface area contributed by atoms with Crippen LogP contribution in [-0.4, -0.2) is 19.4 Å². The quantitative estimate of drug-likeness (QED) is 0.621. The van der Waals surface area contributed by atoms with Crippen molar-refractivity contribution in [3.8, 4) is 0 Å². The number of nitrogens with zero attached hydrogens (tertiary/aromatic N) is 1. The van der Waals surface area contributed by atoms with Crippen LogP contribution in [0.3, 0.4) is 0 Å². The summed E-state index contributed by atoms with van der Waals surface area (Å²) >= 11 is 1.48. The largest absolute Gasteiger partial charge is 0.468 e. The van der Waals surface area contributed by atoms with Crippen molar-refractivity contribution in [1.82, 2.24) is 9.71 Å². The van der Waals surface area contributed by atoms with Gasteiger partial charge in [0.15, 0.2) is 0 Å². The highest BCUT2D eigenvalue weighted by Gasteiger charge is 2.16. The fourth-order valence-electron chi connectivity index (χ4n) is 2.13. The second-order valence-electron chi connectivity index (χ2n) is 5.36. The second-order valence-corrected chi connectivity index (χ2v) is 8.19. The molecular weight excluding hydrogens is 376 g/mol. The minimum atomic E-state index is -3.70. The maximum atomic E-state index is 12.2. The number of sulfonamides is 1. The standard InChI is InChI=1S/C17H16N2O5S2/c1-12-19-14(11-25-12)10-24-17(20)13-4-6-16(7-5-13)26(21,22)18-9-15-3-2-8-23-15/h2-8,11,18H,9-10H2,1H3. The monoisotopic (exact) mass is 392 g/mol. The summed E-state index contributed by atoms with van der Waals surface area (Å²) in [5, 5.41) is 2.72. The summed E-state index contributed by atoms with van der Waals surface area (Å²) in [4.78, 5) is 16.3. The molecule has 0 aliphatic carbocycles. The van der Waals surface area contributed by atoms with Crippen LogP contribution in [0.5, 0.6) is 0 Å². The molecule has 0 atom stereocenters. The first-order valence-electron chi connectivity index (χ1n) is 7.64. The van der Waals surface area contributed by atoms with Gasteiger partial charge in [0.2, 0.25) is 10.0 Å².